The molecule has 2 aromatic heterocycles. The molecule has 0 radical (unpaired) electrons. The maximum Gasteiger partial charge on any atom is 0.132 e. The lowest BCUT2D eigenvalue weighted by molar-refractivity contribution is 0.905. The molecule has 2 aromatic rings. The zero-order chi connectivity index (χ0) is 12.1. The standard InChI is InChI=1S/C12H15N5/c1-3-4-10-11(9-5-14-7-15-6-9)16-8-17-12(10)13-2/h5-8H,3-4H2,1-2H3,(H,13,16,17). The van der Waals surface area contributed by atoms with Gasteiger partial charge in [0.25, 0.3) is 0 Å². The normalized spacial score (nSPS) is 10.2. The van der Waals surface area contributed by atoms with E-state index in [4.69, 9.17) is 0 Å². The number of nitrogens with zero attached hydrogens (tertiary/aromatic N) is 4. The largest absolute Gasteiger partial charge is 0.373 e. The first-order chi connectivity index (χ1) is 8.36. The van der Waals surface area contributed by atoms with E-state index in [9.17, 15) is 0 Å². The molecule has 0 saturated heterocycles. The van der Waals surface area contributed by atoms with Crippen LogP contribution in [-0.2, 0) is 6.42 Å². The van der Waals surface area contributed by atoms with E-state index in [0.717, 1.165) is 35.5 Å². The van der Waals surface area contributed by atoms with Gasteiger partial charge in [-0.25, -0.2) is 19.9 Å². The molecule has 0 saturated carbocycles. The molecule has 0 aromatic carbocycles. The molecular formula is C12H15N5. The van der Waals surface area contributed by atoms with E-state index in [0.29, 0.717) is 0 Å². The summed E-state index contributed by atoms with van der Waals surface area (Å²) in [5.74, 6) is 0.876. The molecule has 0 spiro atoms. The zero-order valence-electron chi connectivity index (χ0n) is 10.0. The fraction of sp³-hybridized carbons (Fsp3) is 0.333. The molecule has 88 valence electrons. The Bertz CT molecular complexity index is 484. The summed E-state index contributed by atoms with van der Waals surface area (Å²) in [6.45, 7) is 2.14. The fourth-order valence-electron chi connectivity index (χ4n) is 1.78. The van der Waals surface area contributed by atoms with E-state index in [2.05, 4.69) is 32.2 Å². The molecule has 0 unspecified atom stereocenters. The van der Waals surface area contributed by atoms with E-state index in [1.165, 1.54) is 6.33 Å². The van der Waals surface area contributed by atoms with Crippen LogP contribution in [0.5, 0.6) is 0 Å². The first-order valence-electron chi connectivity index (χ1n) is 5.63. The highest BCUT2D eigenvalue weighted by Gasteiger charge is 2.11. The van der Waals surface area contributed by atoms with Gasteiger partial charge in [0.05, 0.1) is 5.69 Å². The van der Waals surface area contributed by atoms with E-state index >= 15 is 0 Å². The number of rotatable bonds is 4. The maximum absolute atomic E-state index is 4.35. The molecule has 0 aliphatic rings. The zero-order valence-corrected chi connectivity index (χ0v) is 10.0. The minimum absolute atomic E-state index is 0.876. The van der Waals surface area contributed by atoms with Crippen LogP contribution in [-0.4, -0.2) is 27.0 Å². The predicted molar refractivity (Wildman–Crippen MR) is 66.6 cm³/mol. The van der Waals surface area contributed by atoms with Gasteiger partial charge in [0.15, 0.2) is 0 Å². The SMILES string of the molecule is CCCc1c(NC)ncnc1-c1cncnc1. The number of hydrogen-bond donors (Lipinski definition) is 1. The number of anilines is 1. The highest BCUT2D eigenvalue weighted by molar-refractivity contribution is 5.66. The van der Waals surface area contributed by atoms with Crippen LogP contribution in [0.2, 0.25) is 0 Å². The fourth-order valence-corrected chi connectivity index (χ4v) is 1.78. The molecule has 0 amide bonds. The Hall–Kier alpha value is -2.04. The second kappa shape index (κ2) is 5.34. The summed E-state index contributed by atoms with van der Waals surface area (Å²) in [6, 6.07) is 0. The van der Waals surface area contributed by atoms with Crippen molar-refractivity contribution in [3.8, 4) is 11.3 Å². The maximum atomic E-state index is 4.35. The van der Waals surface area contributed by atoms with E-state index in [-0.39, 0.29) is 0 Å². The van der Waals surface area contributed by atoms with Crippen molar-refractivity contribution in [2.75, 3.05) is 12.4 Å². The van der Waals surface area contributed by atoms with Crippen molar-refractivity contribution >= 4 is 5.82 Å². The quantitative estimate of drug-likeness (QED) is 0.867. The van der Waals surface area contributed by atoms with Gasteiger partial charge in [-0.2, -0.15) is 0 Å². The molecule has 2 heterocycles. The minimum atomic E-state index is 0.876. The van der Waals surface area contributed by atoms with E-state index in [1.54, 1.807) is 18.7 Å². The minimum Gasteiger partial charge on any atom is -0.373 e. The third-order valence-electron chi connectivity index (χ3n) is 2.52. The molecule has 0 aliphatic heterocycles. The van der Waals surface area contributed by atoms with Gasteiger partial charge in [0.2, 0.25) is 0 Å². The molecule has 2 rings (SSSR count). The highest BCUT2D eigenvalue weighted by Crippen LogP contribution is 2.25. The molecule has 17 heavy (non-hydrogen) atoms. The number of aromatic nitrogens is 4. The molecular weight excluding hydrogens is 214 g/mol. The van der Waals surface area contributed by atoms with Crippen LogP contribution in [0.15, 0.2) is 25.0 Å². The summed E-state index contributed by atoms with van der Waals surface area (Å²) in [4.78, 5) is 16.6. The predicted octanol–water partition coefficient (Wildman–Crippen LogP) is 1.93. The summed E-state index contributed by atoms with van der Waals surface area (Å²) in [6.07, 6.45) is 8.60. The summed E-state index contributed by atoms with van der Waals surface area (Å²) in [5.41, 5.74) is 2.95. The Balaban J connectivity index is 2.53. The van der Waals surface area contributed by atoms with Crippen LogP contribution in [0.3, 0.4) is 0 Å². The monoisotopic (exact) mass is 229 g/mol. The average Bonchev–Trinajstić information content (AvgIpc) is 2.40. The lowest BCUT2D eigenvalue weighted by atomic mass is 10.1. The van der Waals surface area contributed by atoms with Crippen molar-refractivity contribution in [3.63, 3.8) is 0 Å². The lowest BCUT2D eigenvalue weighted by Gasteiger charge is -2.11. The third-order valence-corrected chi connectivity index (χ3v) is 2.52. The van der Waals surface area contributed by atoms with E-state index in [1.807, 2.05) is 7.05 Å². The summed E-state index contributed by atoms with van der Waals surface area (Å²) in [7, 11) is 1.87. The third kappa shape index (κ3) is 2.38. The van der Waals surface area contributed by atoms with Gasteiger partial charge >= 0.3 is 0 Å². The number of nitrogens with one attached hydrogen (secondary N) is 1. The van der Waals surface area contributed by atoms with Crippen LogP contribution in [0, 0.1) is 0 Å². The van der Waals surface area contributed by atoms with Gasteiger partial charge in [-0.15, -0.1) is 0 Å². The Kier molecular flexibility index (Phi) is 3.59. The lowest BCUT2D eigenvalue weighted by Crippen LogP contribution is -2.03. The second-order valence-corrected chi connectivity index (χ2v) is 3.68. The first kappa shape index (κ1) is 11.4. The Labute approximate surface area is 100 Å². The van der Waals surface area contributed by atoms with Crippen molar-refractivity contribution < 1.29 is 0 Å². The summed E-state index contributed by atoms with van der Waals surface area (Å²) in [5, 5.41) is 3.10. The van der Waals surface area contributed by atoms with Gasteiger partial charge in [-0.1, -0.05) is 13.3 Å². The van der Waals surface area contributed by atoms with Crippen LogP contribution in [0.1, 0.15) is 18.9 Å². The smallest absolute Gasteiger partial charge is 0.132 e. The van der Waals surface area contributed by atoms with E-state index < -0.39 is 0 Å². The summed E-state index contributed by atoms with van der Waals surface area (Å²) >= 11 is 0. The van der Waals surface area contributed by atoms with Gasteiger partial charge in [-0.3, -0.25) is 0 Å². The Morgan fingerprint density at radius 3 is 2.53 bits per heavy atom. The van der Waals surface area contributed by atoms with Crippen molar-refractivity contribution in [1.82, 2.24) is 19.9 Å². The topological polar surface area (TPSA) is 63.6 Å². The van der Waals surface area contributed by atoms with Crippen LogP contribution in [0.25, 0.3) is 11.3 Å². The summed E-state index contributed by atoms with van der Waals surface area (Å²) < 4.78 is 0. The molecule has 0 fully saturated rings. The molecule has 0 aliphatic carbocycles. The van der Waals surface area contributed by atoms with Crippen molar-refractivity contribution in [2.45, 2.75) is 19.8 Å². The Morgan fingerprint density at radius 2 is 1.88 bits per heavy atom. The molecule has 5 heteroatoms. The van der Waals surface area contributed by atoms with Gasteiger partial charge in [-0.05, 0) is 6.42 Å². The molecule has 1 N–H and O–H groups in total. The molecule has 5 nitrogen and oxygen atoms in total. The van der Waals surface area contributed by atoms with Crippen molar-refractivity contribution in [1.29, 1.82) is 0 Å². The van der Waals surface area contributed by atoms with Crippen LogP contribution < -0.4 is 5.32 Å². The Morgan fingerprint density at radius 1 is 1.12 bits per heavy atom. The number of hydrogen-bond acceptors (Lipinski definition) is 5. The van der Waals surface area contributed by atoms with Crippen LogP contribution in [0.4, 0.5) is 5.82 Å². The molecule has 0 bridgehead atoms. The van der Waals surface area contributed by atoms with Gasteiger partial charge < -0.3 is 5.32 Å². The second-order valence-electron chi connectivity index (χ2n) is 3.68. The van der Waals surface area contributed by atoms with Gasteiger partial charge in [0, 0.05) is 30.6 Å². The van der Waals surface area contributed by atoms with Crippen molar-refractivity contribution in [3.05, 3.63) is 30.6 Å². The molecule has 0 atom stereocenters. The highest BCUT2D eigenvalue weighted by atomic mass is 15.0. The average molecular weight is 229 g/mol. The van der Waals surface area contributed by atoms with Gasteiger partial charge in [0.1, 0.15) is 18.5 Å². The van der Waals surface area contributed by atoms with Crippen molar-refractivity contribution in [2.24, 2.45) is 0 Å². The van der Waals surface area contributed by atoms with Crippen LogP contribution >= 0.6 is 0 Å². The first-order valence-corrected chi connectivity index (χ1v) is 5.63.